The Bertz CT molecular complexity index is 438. The van der Waals surface area contributed by atoms with Gasteiger partial charge in [-0.2, -0.15) is 0 Å². The Balaban J connectivity index is 2.29. The minimum atomic E-state index is 0.0871. The Morgan fingerprint density at radius 2 is 2.22 bits per heavy atom. The van der Waals surface area contributed by atoms with Gasteiger partial charge >= 0.3 is 0 Å². The van der Waals surface area contributed by atoms with Crippen LogP contribution in [-0.4, -0.2) is 27.9 Å². The number of hydrogen-bond donors (Lipinski definition) is 1. The number of amides is 1. The average molecular weight is 247 g/mol. The van der Waals surface area contributed by atoms with Crippen molar-refractivity contribution < 1.29 is 4.79 Å². The summed E-state index contributed by atoms with van der Waals surface area (Å²) in [6.07, 6.45) is 3.20. The first-order valence-electron chi connectivity index (χ1n) is 6.59. The molecule has 0 aliphatic carbocycles. The van der Waals surface area contributed by atoms with Crippen molar-refractivity contribution in [2.75, 3.05) is 5.73 Å². The SMILES string of the molecule is CCC1CCC(C)N1C(=O)c1cc(C)nc(N)c1. The molecule has 1 saturated heterocycles. The summed E-state index contributed by atoms with van der Waals surface area (Å²) in [5, 5.41) is 0. The number of pyridine rings is 1. The van der Waals surface area contributed by atoms with E-state index >= 15 is 0 Å². The van der Waals surface area contributed by atoms with Crippen molar-refractivity contribution in [1.29, 1.82) is 0 Å². The Hall–Kier alpha value is -1.58. The summed E-state index contributed by atoms with van der Waals surface area (Å²) in [4.78, 5) is 18.7. The van der Waals surface area contributed by atoms with Crippen LogP contribution in [0.5, 0.6) is 0 Å². The van der Waals surface area contributed by atoms with E-state index in [9.17, 15) is 4.79 Å². The third-order valence-corrected chi connectivity index (χ3v) is 3.71. The Labute approximate surface area is 108 Å². The van der Waals surface area contributed by atoms with Crippen molar-refractivity contribution in [2.45, 2.75) is 52.1 Å². The maximum atomic E-state index is 12.6. The number of carbonyl (C=O) groups is 1. The standard InChI is InChI=1S/C14H21N3O/c1-4-12-6-5-10(3)17(12)14(18)11-7-9(2)16-13(15)8-11/h7-8,10,12H,4-6H2,1-3H3,(H2,15,16). The lowest BCUT2D eigenvalue weighted by atomic mass is 10.1. The van der Waals surface area contributed by atoms with Crippen LogP contribution in [0.15, 0.2) is 12.1 Å². The van der Waals surface area contributed by atoms with Gasteiger partial charge in [-0.15, -0.1) is 0 Å². The van der Waals surface area contributed by atoms with Crippen LogP contribution in [-0.2, 0) is 0 Å². The highest BCUT2D eigenvalue weighted by atomic mass is 16.2. The third kappa shape index (κ3) is 2.33. The van der Waals surface area contributed by atoms with Gasteiger partial charge in [-0.25, -0.2) is 4.98 Å². The zero-order valence-corrected chi connectivity index (χ0v) is 11.3. The molecule has 2 rings (SSSR count). The highest BCUT2D eigenvalue weighted by Gasteiger charge is 2.33. The van der Waals surface area contributed by atoms with Crippen LogP contribution in [0.2, 0.25) is 0 Å². The largest absolute Gasteiger partial charge is 0.384 e. The van der Waals surface area contributed by atoms with Gasteiger partial charge in [-0.05, 0) is 45.2 Å². The predicted octanol–water partition coefficient (Wildman–Crippen LogP) is 2.38. The van der Waals surface area contributed by atoms with Gasteiger partial charge in [0.25, 0.3) is 5.91 Å². The number of nitrogens with zero attached hydrogens (tertiary/aromatic N) is 2. The summed E-state index contributed by atoms with van der Waals surface area (Å²) >= 11 is 0. The van der Waals surface area contributed by atoms with E-state index in [1.807, 2.05) is 17.9 Å². The lowest BCUT2D eigenvalue weighted by Crippen LogP contribution is -2.39. The number of rotatable bonds is 2. The van der Waals surface area contributed by atoms with Gasteiger partial charge < -0.3 is 10.6 Å². The molecule has 1 aromatic heterocycles. The molecule has 4 nitrogen and oxygen atoms in total. The molecular formula is C14H21N3O. The summed E-state index contributed by atoms with van der Waals surface area (Å²) < 4.78 is 0. The van der Waals surface area contributed by atoms with E-state index in [0.717, 1.165) is 25.0 Å². The fraction of sp³-hybridized carbons (Fsp3) is 0.571. The minimum Gasteiger partial charge on any atom is -0.384 e. The third-order valence-electron chi connectivity index (χ3n) is 3.71. The first-order chi connectivity index (χ1) is 8.52. The summed E-state index contributed by atoms with van der Waals surface area (Å²) in [5.74, 6) is 0.502. The van der Waals surface area contributed by atoms with Crippen molar-refractivity contribution in [2.24, 2.45) is 0 Å². The van der Waals surface area contributed by atoms with Gasteiger partial charge in [-0.1, -0.05) is 6.92 Å². The van der Waals surface area contributed by atoms with E-state index in [0.29, 0.717) is 23.5 Å². The lowest BCUT2D eigenvalue weighted by Gasteiger charge is -2.28. The number of aryl methyl sites for hydroxylation is 1. The molecule has 0 spiro atoms. The first kappa shape index (κ1) is 12.9. The van der Waals surface area contributed by atoms with Crippen molar-refractivity contribution in [1.82, 2.24) is 9.88 Å². The highest BCUT2D eigenvalue weighted by Crippen LogP contribution is 2.28. The maximum absolute atomic E-state index is 12.6. The Kier molecular flexibility index (Phi) is 3.55. The van der Waals surface area contributed by atoms with E-state index in [2.05, 4.69) is 18.8 Å². The van der Waals surface area contributed by atoms with Gasteiger partial charge in [0, 0.05) is 23.3 Å². The molecule has 2 unspecified atom stereocenters. The molecule has 4 heteroatoms. The van der Waals surface area contributed by atoms with E-state index in [-0.39, 0.29) is 5.91 Å². The molecule has 1 aliphatic rings. The molecule has 2 N–H and O–H groups in total. The highest BCUT2D eigenvalue weighted by molar-refractivity contribution is 5.95. The molecular weight excluding hydrogens is 226 g/mol. The van der Waals surface area contributed by atoms with Crippen LogP contribution in [0.25, 0.3) is 0 Å². The normalized spacial score (nSPS) is 23.4. The second-order valence-electron chi connectivity index (χ2n) is 5.12. The lowest BCUT2D eigenvalue weighted by molar-refractivity contribution is 0.0676. The van der Waals surface area contributed by atoms with Crippen LogP contribution in [0, 0.1) is 6.92 Å². The first-order valence-corrected chi connectivity index (χ1v) is 6.59. The second kappa shape index (κ2) is 4.96. The molecule has 0 aromatic carbocycles. The smallest absolute Gasteiger partial charge is 0.254 e. The van der Waals surface area contributed by atoms with Crippen LogP contribution >= 0.6 is 0 Å². The molecule has 1 amide bonds. The quantitative estimate of drug-likeness (QED) is 0.872. The molecule has 1 aromatic rings. The Morgan fingerprint density at radius 3 is 2.83 bits per heavy atom. The van der Waals surface area contributed by atoms with Crippen molar-refractivity contribution in [3.05, 3.63) is 23.4 Å². The molecule has 2 atom stereocenters. The van der Waals surface area contributed by atoms with Crippen LogP contribution in [0.4, 0.5) is 5.82 Å². The molecule has 2 heterocycles. The van der Waals surface area contributed by atoms with E-state index in [1.165, 1.54) is 0 Å². The minimum absolute atomic E-state index is 0.0871. The van der Waals surface area contributed by atoms with Crippen molar-refractivity contribution in [3.63, 3.8) is 0 Å². The van der Waals surface area contributed by atoms with Crippen LogP contribution in [0.3, 0.4) is 0 Å². The zero-order valence-electron chi connectivity index (χ0n) is 11.3. The molecule has 0 radical (unpaired) electrons. The van der Waals surface area contributed by atoms with Gasteiger partial charge in [0.1, 0.15) is 5.82 Å². The predicted molar refractivity (Wildman–Crippen MR) is 72.3 cm³/mol. The summed E-state index contributed by atoms with van der Waals surface area (Å²) in [7, 11) is 0. The number of nitrogen functional groups attached to an aromatic ring is 1. The molecule has 98 valence electrons. The van der Waals surface area contributed by atoms with Crippen molar-refractivity contribution >= 4 is 11.7 Å². The fourth-order valence-corrected chi connectivity index (χ4v) is 2.81. The van der Waals surface area contributed by atoms with Crippen molar-refractivity contribution in [3.8, 4) is 0 Å². The molecule has 1 aliphatic heterocycles. The topological polar surface area (TPSA) is 59.2 Å². The maximum Gasteiger partial charge on any atom is 0.254 e. The molecule has 0 bridgehead atoms. The number of likely N-dealkylation sites (tertiary alicyclic amines) is 1. The van der Waals surface area contributed by atoms with Gasteiger partial charge in [0.15, 0.2) is 0 Å². The number of nitrogens with two attached hydrogens (primary N) is 1. The Morgan fingerprint density at radius 1 is 1.50 bits per heavy atom. The molecule has 0 saturated carbocycles. The van der Waals surface area contributed by atoms with Crippen LogP contribution < -0.4 is 5.73 Å². The molecule has 1 fully saturated rings. The number of hydrogen-bond acceptors (Lipinski definition) is 3. The summed E-state index contributed by atoms with van der Waals surface area (Å²) in [5.41, 5.74) is 7.17. The summed E-state index contributed by atoms with van der Waals surface area (Å²) in [6, 6.07) is 4.17. The number of aromatic nitrogens is 1. The van der Waals surface area contributed by atoms with E-state index < -0.39 is 0 Å². The fourth-order valence-electron chi connectivity index (χ4n) is 2.81. The second-order valence-corrected chi connectivity index (χ2v) is 5.12. The zero-order chi connectivity index (χ0) is 13.3. The number of anilines is 1. The van der Waals surface area contributed by atoms with E-state index in [1.54, 1.807) is 6.07 Å². The van der Waals surface area contributed by atoms with Crippen LogP contribution in [0.1, 0.15) is 49.2 Å². The number of carbonyl (C=O) groups excluding carboxylic acids is 1. The average Bonchev–Trinajstić information content (AvgIpc) is 2.68. The van der Waals surface area contributed by atoms with E-state index in [4.69, 9.17) is 5.73 Å². The molecule has 18 heavy (non-hydrogen) atoms. The monoisotopic (exact) mass is 247 g/mol. The van der Waals surface area contributed by atoms with Gasteiger partial charge in [0.05, 0.1) is 0 Å². The van der Waals surface area contributed by atoms with Gasteiger partial charge in [-0.3, -0.25) is 4.79 Å². The van der Waals surface area contributed by atoms with Gasteiger partial charge in [0.2, 0.25) is 0 Å². The summed E-state index contributed by atoms with van der Waals surface area (Å²) in [6.45, 7) is 6.11.